The van der Waals surface area contributed by atoms with Crippen LogP contribution in [0.4, 0.5) is 4.79 Å². The highest BCUT2D eigenvalue weighted by Crippen LogP contribution is 2.25. The van der Waals surface area contributed by atoms with Gasteiger partial charge >= 0.3 is 6.09 Å². The van der Waals surface area contributed by atoms with Gasteiger partial charge in [0.1, 0.15) is 5.60 Å². The molecule has 6 heteroatoms. The third kappa shape index (κ3) is 4.45. The molecular weight excluding hydrogens is 256 g/mol. The fourth-order valence-corrected chi connectivity index (χ4v) is 1.94. The fraction of sp³-hybridized carbons (Fsp3) is 0.643. The molecule has 1 fully saturated rings. The van der Waals surface area contributed by atoms with Crippen LogP contribution in [0, 0.1) is 0 Å². The zero-order valence-corrected chi connectivity index (χ0v) is 12.4. The summed E-state index contributed by atoms with van der Waals surface area (Å²) in [5.41, 5.74) is 0.435. The Morgan fingerprint density at radius 1 is 1.40 bits per heavy atom. The molecule has 2 N–H and O–H groups in total. The summed E-state index contributed by atoms with van der Waals surface area (Å²) in [7, 11) is 0. The molecule has 0 aromatic carbocycles. The normalized spacial score (nSPS) is 23.0. The van der Waals surface area contributed by atoms with Gasteiger partial charge in [-0.25, -0.2) is 4.79 Å². The molecule has 1 amide bonds. The van der Waals surface area contributed by atoms with Crippen LogP contribution in [-0.2, 0) is 4.74 Å². The number of hydrogen-bond acceptors (Lipinski definition) is 5. The van der Waals surface area contributed by atoms with Gasteiger partial charge in [-0.05, 0) is 34.1 Å². The van der Waals surface area contributed by atoms with Crippen molar-refractivity contribution in [2.45, 2.75) is 57.8 Å². The molecule has 2 rings (SSSR count). The molecule has 0 bridgehead atoms. The van der Waals surface area contributed by atoms with Gasteiger partial charge in [0.15, 0.2) is 0 Å². The number of amides is 1. The SMILES string of the molecule is CC(NC1CC1NC(=O)OC(C)(C)C)c1cnccn1. The van der Waals surface area contributed by atoms with Crippen molar-refractivity contribution in [2.24, 2.45) is 0 Å². The number of alkyl carbamates (subject to hydrolysis) is 1. The van der Waals surface area contributed by atoms with E-state index in [1.807, 2.05) is 27.7 Å². The Morgan fingerprint density at radius 3 is 2.75 bits per heavy atom. The standard InChI is InChI=1S/C14H22N4O2/c1-9(12-8-15-5-6-16-12)17-10-7-11(10)18-13(19)20-14(2,3)4/h5-6,8-11,17H,7H2,1-4H3,(H,18,19). The zero-order valence-electron chi connectivity index (χ0n) is 12.4. The molecule has 1 aromatic heterocycles. The molecule has 3 atom stereocenters. The maximum Gasteiger partial charge on any atom is 0.407 e. The van der Waals surface area contributed by atoms with Gasteiger partial charge in [-0.15, -0.1) is 0 Å². The van der Waals surface area contributed by atoms with Crippen molar-refractivity contribution in [3.8, 4) is 0 Å². The summed E-state index contributed by atoms with van der Waals surface area (Å²) < 4.78 is 5.23. The topological polar surface area (TPSA) is 76.1 Å². The predicted octanol–water partition coefficient (Wildman–Crippen LogP) is 1.79. The summed E-state index contributed by atoms with van der Waals surface area (Å²) in [6.45, 7) is 7.59. The smallest absolute Gasteiger partial charge is 0.407 e. The fourth-order valence-electron chi connectivity index (χ4n) is 1.94. The van der Waals surface area contributed by atoms with Gasteiger partial charge in [0, 0.05) is 36.7 Å². The second-order valence-corrected chi connectivity index (χ2v) is 6.11. The van der Waals surface area contributed by atoms with Crippen LogP contribution in [0.1, 0.15) is 45.9 Å². The van der Waals surface area contributed by atoms with Crippen LogP contribution in [0.5, 0.6) is 0 Å². The number of aromatic nitrogens is 2. The van der Waals surface area contributed by atoms with Crippen LogP contribution in [0.25, 0.3) is 0 Å². The molecule has 3 unspecified atom stereocenters. The summed E-state index contributed by atoms with van der Waals surface area (Å²) in [5, 5.41) is 6.27. The molecule has 0 saturated heterocycles. The van der Waals surface area contributed by atoms with E-state index < -0.39 is 5.60 Å². The van der Waals surface area contributed by atoms with Crippen molar-refractivity contribution in [1.82, 2.24) is 20.6 Å². The first-order chi connectivity index (χ1) is 9.35. The van der Waals surface area contributed by atoms with Crippen LogP contribution < -0.4 is 10.6 Å². The Hall–Kier alpha value is -1.69. The third-order valence-corrected chi connectivity index (χ3v) is 2.98. The predicted molar refractivity (Wildman–Crippen MR) is 75.1 cm³/mol. The largest absolute Gasteiger partial charge is 0.444 e. The molecular formula is C14H22N4O2. The van der Waals surface area contributed by atoms with Crippen LogP contribution >= 0.6 is 0 Å². The number of nitrogens with one attached hydrogen (secondary N) is 2. The Labute approximate surface area is 119 Å². The highest BCUT2D eigenvalue weighted by Gasteiger charge is 2.40. The van der Waals surface area contributed by atoms with E-state index in [2.05, 4.69) is 20.6 Å². The molecule has 1 aliphatic carbocycles. The van der Waals surface area contributed by atoms with Crippen molar-refractivity contribution in [2.75, 3.05) is 0 Å². The summed E-state index contributed by atoms with van der Waals surface area (Å²) in [5.74, 6) is 0. The van der Waals surface area contributed by atoms with Crippen molar-refractivity contribution >= 4 is 6.09 Å². The minimum atomic E-state index is -0.463. The van der Waals surface area contributed by atoms with Crippen molar-refractivity contribution < 1.29 is 9.53 Å². The average Bonchev–Trinajstić information content (AvgIpc) is 3.05. The maximum absolute atomic E-state index is 11.6. The highest BCUT2D eigenvalue weighted by atomic mass is 16.6. The summed E-state index contributed by atoms with van der Waals surface area (Å²) in [4.78, 5) is 19.9. The van der Waals surface area contributed by atoms with Gasteiger partial charge in [-0.2, -0.15) is 0 Å². The van der Waals surface area contributed by atoms with Crippen LogP contribution in [-0.4, -0.2) is 33.7 Å². The first-order valence-corrected chi connectivity index (χ1v) is 6.86. The Bertz CT molecular complexity index is 458. The minimum Gasteiger partial charge on any atom is -0.444 e. The van der Waals surface area contributed by atoms with Crippen LogP contribution in [0.2, 0.25) is 0 Å². The van der Waals surface area contributed by atoms with Crippen molar-refractivity contribution in [1.29, 1.82) is 0 Å². The van der Waals surface area contributed by atoms with E-state index in [0.717, 1.165) is 12.1 Å². The van der Waals surface area contributed by atoms with Crippen molar-refractivity contribution in [3.05, 3.63) is 24.3 Å². The number of hydrogen-bond donors (Lipinski definition) is 2. The summed E-state index contributed by atoms with van der Waals surface area (Å²) in [6, 6.07) is 0.502. The van der Waals surface area contributed by atoms with E-state index >= 15 is 0 Å². The zero-order chi connectivity index (χ0) is 14.8. The van der Waals surface area contributed by atoms with Gasteiger partial charge in [-0.1, -0.05) is 0 Å². The quantitative estimate of drug-likeness (QED) is 0.878. The van der Waals surface area contributed by atoms with Crippen molar-refractivity contribution in [3.63, 3.8) is 0 Å². The number of nitrogens with zero attached hydrogens (tertiary/aromatic N) is 2. The number of carbonyl (C=O) groups is 1. The van der Waals surface area contributed by atoms with E-state index in [1.54, 1.807) is 18.6 Å². The van der Waals surface area contributed by atoms with E-state index in [1.165, 1.54) is 0 Å². The van der Waals surface area contributed by atoms with E-state index in [0.29, 0.717) is 0 Å². The second kappa shape index (κ2) is 5.75. The molecule has 0 aliphatic heterocycles. The van der Waals surface area contributed by atoms with E-state index in [-0.39, 0.29) is 24.2 Å². The number of rotatable bonds is 4. The summed E-state index contributed by atoms with van der Waals surface area (Å²) >= 11 is 0. The van der Waals surface area contributed by atoms with Gasteiger partial charge in [0.2, 0.25) is 0 Å². The first kappa shape index (κ1) is 14.7. The Kier molecular flexibility index (Phi) is 4.23. The molecule has 6 nitrogen and oxygen atoms in total. The van der Waals surface area contributed by atoms with E-state index in [9.17, 15) is 4.79 Å². The van der Waals surface area contributed by atoms with E-state index in [4.69, 9.17) is 4.74 Å². The molecule has 0 spiro atoms. The number of ether oxygens (including phenoxy) is 1. The molecule has 1 saturated carbocycles. The lowest BCUT2D eigenvalue weighted by Gasteiger charge is -2.20. The van der Waals surface area contributed by atoms with Gasteiger partial charge in [0.25, 0.3) is 0 Å². The first-order valence-electron chi connectivity index (χ1n) is 6.86. The van der Waals surface area contributed by atoms with Crippen LogP contribution in [0.3, 0.4) is 0 Å². The second-order valence-electron chi connectivity index (χ2n) is 6.11. The number of carbonyl (C=O) groups excluding carboxylic acids is 1. The Balaban J connectivity index is 1.74. The maximum atomic E-state index is 11.6. The molecule has 20 heavy (non-hydrogen) atoms. The molecule has 1 heterocycles. The lowest BCUT2D eigenvalue weighted by Crippen LogP contribution is -2.37. The molecule has 0 radical (unpaired) electrons. The lowest BCUT2D eigenvalue weighted by molar-refractivity contribution is 0.0522. The van der Waals surface area contributed by atoms with Crippen LogP contribution in [0.15, 0.2) is 18.6 Å². The average molecular weight is 278 g/mol. The highest BCUT2D eigenvalue weighted by molar-refractivity contribution is 5.68. The third-order valence-electron chi connectivity index (χ3n) is 2.98. The minimum absolute atomic E-state index is 0.110. The monoisotopic (exact) mass is 278 g/mol. The lowest BCUT2D eigenvalue weighted by atomic mass is 10.2. The Morgan fingerprint density at radius 2 is 2.15 bits per heavy atom. The van der Waals surface area contributed by atoms with Gasteiger partial charge < -0.3 is 15.4 Å². The molecule has 1 aromatic rings. The van der Waals surface area contributed by atoms with Gasteiger partial charge in [0.05, 0.1) is 5.69 Å². The molecule has 1 aliphatic rings. The van der Waals surface area contributed by atoms with Gasteiger partial charge in [-0.3, -0.25) is 9.97 Å². The summed E-state index contributed by atoms with van der Waals surface area (Å²) in [6.07, 6.45) is 5.62. The molecule has 110 valence electrons.